The Balaban J connectivity index is 0.000000207. The summed E-state index contributed by atoms with van der Waals surface area (Å²) in [5.74, 6) is 1.26. The Labute approximate surface area is 217 Å². The van der Waals surface area contributed by atoms with Gasteiger partial charge in [-0.25, -0.2) is 0 Å². The molecule has 0 spiro atoms. The zero-order valence-corrected chi connectivity index (χ0v) is 23.1. The maximum atomic E-state index is 5.53. The fourth-order valence-electron chi connectivity index (χ4n) is 5.35. The molecule has 2 aliphatic heterocycles. The summed E-state index contributed by atoms with van der Waals surface area (Å²) in [6.45, 7) is 9.29. The Bertz CT molecular complexity index is 1220. The van der Waals surface area contributed by atoms with Crippen LogP contribution in [0.25, 0.3) is 27.1 Å². The largest absolute Gasteiger partial charge is 3.00 e. The summed E-state index contributed by atoms with van der Waals surface area (Å²) in [5.41, 5.74) is 7.66. The monoisotopic (exact) mass is 541 g/mol. The third-order valence-corrected chi connectivity index (χ3v) is 10.5. The summed E-state index contributed by atoms with van der Waals surface area (Å²) >= 11 is 0. The Morgan fingerprint density at radius 1 is 0.871 bits per heavy atom. The van der Waals surface area contributed by atoms with Gasteiger partial charge in [-0.1, -0.05) is 67.6 Å². The Morgan fingerprint density at radius 2 is 1.58 bits per heavy atom. The van der Waals surface area contributed by atoms with E-state index >= 15 is 0 Å². The number of hydrogen-bond donors (Lipinski definition) is 0. The van der Waals surface area contributed by atoms with Crippen LogP contribution in [0.2, 0.25) is 13.1 Å². The standard InChI is InChI=1S/C16H13.C10H12OSi.2ClH.Zr/c1-12-10-14-8-5-9-15(16(14)11-12)13-6-3-2-4-7-13;1-6-9-7-4-5-11-8(7)10(6)12(9,2)3;;;/h2-11H,1H3;4-5,10H,1-3H3;2*1H;/q-1;;;;+3/p-2. The van der Waals surface area contributed by atoms with Crippen molar-refractivity contribution < 1.29 is 55.4 Å². The predicted octanol–water partition coefficient (Wildman–Crippen LogP) is 1.49. The van der Waals surface area contributed by atoms with Crippen molar-refractivity contribution in [3.05, 3.63) is 95.5 Å². The van der Waals surface area contributed by atoms with E-state index in [0.717, 1.165) is 0 Å². The van der Waals surface area contributed by atoms with Gasteiger partial charge in [0.25, 0.3) is 0 Å². The van der Waals surface area contributed by atoms with E-state index in [2.05, 4.69) is 93.7 Å². The van der Waals surface area contributed by atoms with Crippen LogP contribution in [0.1, 0.15) is 29.4 Å². The second-order valence-corrected chi connectivity index (χ2v) is 13.1. The van der Waals surface area contributed by atoms with E-state index in [9.17, 15) is 0 Å². The molecule has 2 bridgehead atoms. The van der Waals surface area contributed by atoms with E-state index in [4.69, 9.17) is 4.42 Å². The van der Waals surface area contributed by atoms with E-state index in [0.29, 0.717) is 5.54 Å². The van der Waals surface area contributed by atoms with Gasteiger partial charge in [0.05, 0.1) is 14.3 Å². The van der Waals surface area contributed by atoms with Crippen molar-refractivity contribution in [3.63, 3.8) is 0 Å². The third-order valence-electron chi connectivity index (χ3n) is 6.40. The first-order chi connectivity index (χ1) is 13.5. The van der Waals surface area contributed by atoms with E-state index in [1.54, 1.807) is 10.8 Å². The van der Waals surface area contributed by atoms with Crippen molar-refractivity contribution in [3.8, 4) is 11.1 Å². The van der Waals surface area contributed by atoms with E-state index in [1.165, 1.54) is 38.8 Å². The summed E-state index contributed by atoms with van der Waals surface area (Å²) in [7, 11) is -1.08. The molecule has 5 heteroatoms. The number of fused-ring (bicyclic) bond motifs is 1. The SMILES string of the molecule is CC1=C2c3ccoc3C1[Si]2(C)C.Cc1cc2c(-c3ccccc3)cccc2[cH-]1.[Cl-].[Cl-].[Zr+3]. The smallest absolute Gasteiger partial charge is 1.00 e. The minimum atomic E-state index is -1.08. The molecule has 1 aromatic heterocycles. The van der Waals surface area contributed by atoms with Gasteiger partial charge in [0.2, 0.25) is 0 Å². The second kappa shape index (κ2) is 9.71. The van der Waals surface area contributed by atoms with Crippen LogP contribution < -0.4 is 24.8 Å². The molecular formula is C26H25Cl2OSiZr. The fourth-order valence-corrected chi connectivity index (χ4v) is 9.58. The minimum Gasteiger partial charge on any atom is -1.00 e. The van der Waals surface area contributed by atoms with Crippen LogP contribution in [-0.4, -0.2) is 8.07 Å². The fraction of sp³-hybridized carbons (Fsp3) is 0.192. The van der Waals surface area contributed by atoms with E-state index in [-0.39, 0.29) is 51.0 Å². The number of hydrogen-bond acceptors (Lipinski definition) is 1. The summed E-state index contributed by atoms with van der Waals surface area (Å²) in [6.07, 6.45) is 1.83. The molecule has 1 aliphatic carbocycles. The van der Waals surface area contributed by atoms with Crippen LogP contribution in [0.3, 0.4) is 0 Å². The van der Waals surface area contributed by atoms with Crippen molar-refractivity contribution >= 4 is 24.0 Å². The minimum absolute atomic E-state index is 0. The normalized spacial score (nSPS) is 16.7. The van der Waals surface area contributed by atoms with Crippen LogP contribution in [0.4, 0.5) is 0 Å². The second-order valence-electron chi connectivity index (χ2n) is 8.62. The maximum Gasteiger partial charge on any atom is 3.00 e. The zero-order valence-electron chi connectivity index (χ0n) is 18.2. The number of allylic oxidation sites excluding steroid dienone is 1. The molecule has 1 radical (unpaired) electrons. The average Bonchev–Trinajstić information content (AvgIpc) is 3.38. The molecule has 1 nitrogen and oxygen atoms in total. The van der Waals surface area contributed by atoms with Gasteiger partial charge >= 0.3 is 26.2 Å². The van der Waals surface area contributed by atoms with Crippen molar-refractivity contribution in [2.24, 2.45) is 0 Å². The van der Waals surface area contributed by atoms with Gasteiger partial charge in [-0.3, -0.25) is 0 Å². The quantitative estimate of drug-likeness (QED) is 0.262. The Kier molecular flexibility index (Phi) is 8.15. The van der Waals surface area contributed by atoms with Crippen LogP contribution in [0.5, 0.6) is 0 Å². The molecule has 3 heterocycles. The van der Waals surface area contributed by atoms with Crippen LogP contribution in [0, 0.1) is 6.92 Å². The van der Waals surface area contributed by atoms with Crippen LogP contribution in [0.15, 0.2) is 83.0 Å². The van der Waals surface area contributed by atoms with Crippen molar-refractivity contribution in [2.45, 2.75) is 32.5 Å². The zero-order chi connectivity index (χ0) is 19.5. The third kappa shape index (κ3) is 4.11. The van der Waals surface area contributed by atoms with Crippen molar-refractivity contribution in [1.29, 1.82) is 0 Å². The first-order valence-electron chi connectivity index (χ1n) is 9.99. The molecule has 0 saturated carbocycles. The van der Waals surface area contributed by atoms with Crippen molar-refractivity contribution in [1.82, 2.24) is 0 Å². The molecule has 0 fully saturated rings. The molecule has 0 N–H and O–H groups in total. The molecule has 4 aromatic rings. The summed E-state index contributed by atoms with van der Waals surface area (Å²) in [4.78, 5) is 0. The molecule has 0 amide bonds. The van der Waals surface area contributed by atoms with Gasteiger partial charge in [0.15, 0.2) is 0 Å². The molecular weight excluding hydrogens is 519 g/mol. The molecule has 1 atom stereocenters. The van der Waals surface area contributed by atoms with E-state index < -0.39 is 8.07 Å². The number of furan rings is 1. The molecule has 3 aliphatic rings. The molecule has 31 heavy (non-hydrogen) atoms. The molecule has 3 aromatic carbocycles. The van der Waals surface area contributed by atoms with Gasteiger partial charge in [-0.2, -0.15) is 6.07 Å². The average molecular weight is 544 g/mol. The molecule has 7 rings (SSSR count). The maximum absolute atomic E-state index is 5.53. The Hall–Kier alpha value is -1.25. The first-order valence-corrected chi connectivity index (χ1v) is 13.1. The molecule has 1 unspecified atom stereocenters. The number of aryl methyl sites for hydroxylation is 1. The number of halogens is 2. The van der Waals surface area contributed by atoms with Gasteiger partial charge in [-0.05, 0) is 23.7 Å². The van der Waals surface area contributed by atoms with Gasteiger partial charge in [-0.15, -0.1) is 34.5 Å². The van der Waals surface area contributed by atoms with E-state index in [1.807, 2.05) is 6.26 Å². The summed E-state index contributed by atoms with van der Waals surface area (Å²) in [5, 5.41) is 4.35. The van der Waals surface area contributed by atoms with Gasteiger partial charge in [0.1, 0.15) is 5.76 Å². The van der Waals surface area contributed by atoms with Crippen molar-refractivity contribution in [2.75, 3.05) is 0 Å². The van der Waals surface area contributed by atoms with Gasteiger partial charge in [0, 0.05) is 11.1 Å². The topological polar surface area (TPSA) is 13.1 Å². The number of rotatable bonds is 1. The molecule has 157 valence electrons. The first kappa shape index (κ1) is 26.0. The van der Waals surface area contributed by atoms with Crippen LogP contribution in [-0.2, 0) is 26.2 Å². The summed E-state index contributed by atoms with van der Waals surface area (Å²) < 4.78 is 5.53. The summed E-state index contributed by atoms with van der Waals surface area (Å²) in [6, 6.07) is 23.7. The number of benzene rings is 2. The predicted molar refractivity (Wildman–Crippen MR) is 121 cm³/mol. The van der Waals surface area contributed by atoms with Gasteiger partial charge < -0.3 is 29.2 Å². The Morgan fingerprint density at radius 3 is 2.23 bits per heavy atom. The molecule has 0 saturated heterocycles. The van der Waals surface area contributed by atoms with Crippen LogP contribution >= 0.6 is 0 Å².